The molecule has 5 nitrogen and oxygen atoms in total. The maximum atomic E-state index is 13.9. The summed E-state index contributed by atoms with van der Waals surface area (Å²) in [5, 5.41) is 0.159. The summed E-state index contributed by atoms with van der Waals surface area (Å²) in [6.07, 6.45) is -3.46. The molecule has 0 radical (unpaired) electrons. The van der Waals surface area contributed by atoms with E-state index in [0.29, 0.717) is 22.5 Å². The Hall–Kier alpha value is -4.98. The number of ketones is 1. The van der Waals surface area contributed by atoms with E-state index in [1.54, 1.807) is 54.6 Å². The molecule has 4 aromatic carbocycles. The highest BCUT2D eigenvalue weighted by atomic mass is 19.4. The molecule has 200 valence electrons. The number of aryl methyl sites for hydroxylation is 2. The van der Waals surface area contributed by atoms with Gasteiger partial charge in [-0.3, -0.25) is 14.7 Å². The van der Waals surface area contributed by atoms with Gasteiger partial charge in [0.05, 0.1) is 22.5 Å². The molecular weight excluding hydrogens is 515 g/mol. The highest BCUT2D eigenvalue weighted by Gasteiger charge is 2.34. The first-order valence-corrected chi connectivity index (χ1v) is 12.4. The van der Waals surface area contributed by atoms with Crippen LogP contribution in [0.1, 0.15) is 32.6 Å². The monoisotopic (exact) mass is 539 g/mol. The van der Waals surface area contributed by atoms with E-state index in [-0.39, 0.29) is 22.0 Å². The molecule has 0 aliphatic heterocycles. The molecule has 0 unspecified atom stereocenters. The van der Waals surface area contributed by atoms with Crippen LogP contribution in [0.2, 0.25) is 0 Å². The highest BCUT2D eigenvalue weighted by molar-refractivity contribution is 6.17. The first-order valence-electron chi connectivity index (χ1n) is 12.4. The van der Waals surface area contributed by atoms with Gasteiger partial charge in [-0.05, 0) is 48.7 Å². The molecule has 1 heterocycles. The summed E-state index contributed by atoms with van der Waals surface area (Å²) in [6.45, 7) is 3.71. The van der Waals surface area contributed by atoms with Crippen molar-refractivity contribution in [2.45, 2.75) is 20.0 Å². The fourth-order valence-corrected chi connectivity index (χ4v) is 5.01. The minimum atomic E-state index is -4.65. The minimum absolute atomic E-state index is 0.132. The average Bonchev–Trinajstić information content (AvgIpc) is 2.93. The van der Waals surface area contributed by atoms with E-state index in [1.165, 1.54) is 23.2 Å². The number of carbonyl (C=O) groups excluding carboxylic acids is 2. The number of benzene rings is 4. The summed E-state index contributed by atoms with van der Waals surface area (Å²) in [5.74, 6) is -0.394. The Bertz CT molecular complexity index is 1750. The molecule has 0 spiro atoms. The minimum Gasteiger partial charge on any atom is -0.351 e. The smallest absolute Gasteiger partial charge is 0.351 e. The number of hydrogen-bond acceptors (Lipinski definition) is 3. The number of pyridine rings is 1. The first-order chi connectivity index (χ1) is 19.1. The number of aromatic nitrogens is 1. The van der Waals surface area contributed by atoms with E-state index in [0.717, 1.165) is 17.2 Å². The number of para-hydroxylation sites is 2. The van der Waals surface area contributed by atoms with Gasteiger partial charge < -0.3 is 5.73 Å². The van der Waals surface area contributed by atoms with Gasteiger partial charge in [-0.15, -0.1) is 0 Å². The number of urea groups is 1. The third kappa shape index (κ3) is 4.80. The number of primary amides is 1. The van der Waals surface area contributed by atoms with Crippen LogP contribution in [0.15, 0.2) is 97.2 Å². The van der Waals surface area contributed by atoms with Gasteiger partial charge in [0.2, 0.25) is 0 Å². The van der Waals surface area contributed by atoms with Gasteiger partial charge in [-0.2, -0.15) is 13.2 Å². The van der Waals surface area contributed by atoms with Gasteiger partial charge in [-0.1, -0.05) is 72.8 Å². The summed E-state index contributed by atoms with van der Waals surface area (Å²) >= 11 is 0. The zero-order valence-corrected chi connectivity index (χ0v) is 21.7. The number of nitrogens with zero attached hydrogens (tertiary/aromatic N) is 2. The SMILES string of the molecule is Cc1cccc(C)c1N(C(N)=O)c1cccc(-c2c(C(=O)c3ccccc3)cnc3c(C(F)(F)F)cccc23)c1. The lowest BCUT2D eigenvalue weighted by atomic mass is 9.91. The van der Waals surface area contributed by atoms with Crippen molar-refractivity contribution in [1.82, 2.24) is 4.98 Å². The molecule has 0 aliphatic rings. The number of nitrogens with two attached hydrogens (primary N) is 1. The second kappa shape index (κ2) is 10.3. The van der Waals surface area contributed by atoms with Crippen molar-refractivity contribution in [3.63, 3.8) is 0 Å². The molecular formula is C32H24F3N3O2. The number of fused-ring (bicyclic) bond motifs is 1. The molecule has 2 N–H and O–H groups in total. The predicted octanol–water partition coefficient (Wildman–Crippen LogP) is 7.99. The van der Waals surface area contributed by atoms with Crippen molar-refractivity contribution in [3.05, 3.63) is 125 Å². The van der Waals surface area contributed by atoms with Crippen LogP contribution >= 0.6 is 0 Å². The number of carbonyl (C=O) groups is 2. The fraction of sp³-hybridized carbons (Fsp3) is 0.0938. The summed E-state index contributed by atoms with van der Waals surface area (Å²) in [6, 6.07) is 23.8. The number of rotatable bonds is 5. The van der Waals surface area contributed by atoms with Crippen LogP contribution < -0.4 is 10.6 Å². The van der Waals surface area contributed by atoms with Gasteiger partial charge in [0.15, 0.2) is 5.78 Å². The molecule has 0 saturated carbocycles. The zero-order valence-electron chi connectivity index (χ0n) is 21.7. The Kier molecular flexibility index (Phi) is 6.85. The van der Waals surface area contributed by atoms with Crippen molar-refractivity contribution in [1.29, 1.82) is 0 Å². The summed E-state index contributed by atoms with van der Waals surface area (Å²) in [7, 11) is 0. The van der Waals surface area contributed by atoms with Crippen LogP contribution in [0.3, 0.4) is 0 Å². The number of anilines is 2. The molecule has 0 aliphatic carbocycles. The average molecular weight is 540 g/mol. The van der Waals surface area contributed by atoms with Gasteiger partial charge >= 0.3 is 12.2 Å². The predicted molar refractivity (Wildman–Crippen MR) is 150 cm³/mol. The topological polar surface area (TPSA) is 76.3 Å². The summed E-state index contributed by atoms with van der Waals surface area (Å²) in [5.41, 5.74) is 8.49. The van der Waals surface area contributed by atoms with E-state index in [1.807, 2.05) is 32.0 Å². The molecule has 5 rings (SSSR count). The number of halogens is 3. The number of alkyl halides is 3. The van der Waals surface area contributed by atoms with Crippen LogP contribution in [0.25, 0.3) is 22.0 Å². The number of amides is 2. The summed E-state index contributed by atoms with van der Waals surface area (Å²) < 4.78 is 41.8. The fourth-order valence-electron chi connectivity index (χ4n) is 5.01. The quantitative estimate of drug-likeness (QED) is 0.230. The van der Waals surface area contributed by atoms with E-state index >= 15 is 0 Å². The van der Waals surface area contributed by atoms with Crippen LogP contribution in [0.4, 0.5) is 29.3 Å². The standard InChI is InChI=1S/C32H24F3N3O2/c1-19-9-6-10-20(2)29(19)38(31(36)40)23-14-7-13-22(17-23)27-24-15-8-16-26(32(33,34)35)28(24)37-18-25(27)30(39)21-11-4-3-5-12-21/h3-18H,1-2H3,(H2,36,40). The zero-order chi connectivity index (χ0) is 28.6. The Labute approximate surface area is 228 Å². The second-order valence-corrected chi connectivity index (χ2v) is 9.41. The van der Waals surface area contributed by atoms with Crippen molar-refractivity contribution in [2.75, 3.05) is 4.90 Å². The highest BCUT2D eigenvalue weighted by Crippen LogP contribution is 2.40. The van der Waals surface area contributed by atoms with Crippen molar-refractivity contribution in [3.8, 4) is 11.1 Å². The van der Waals surface area contributed by atoms with Crippen LogP contribution in [-0.2, 0) is 6.18 Å². The normalized spacial score (nSPS) is 11.4. The Morgan fingerprint density at radius 1 is 0.825 bits per heavy atom. The van der Waals surface area contributed by atoms with Gasteiger partial charge in [0.25, 0.3) is 0 Å². The molecule has 8 heteroatoms. The first kappa shape index (κ1) is 26.6. The van der Waals surface area contributed by atoms with E-state index < -0.39 is 23.6 Å². The van der Waals surface area contributed by atoms with Crippen LogP contribution in [0, 0.1) is 13.8 Å². The van der Waals surface area contributed by atoms with Crippen LogP contribution in [-0.4, -0.2) is 16.8 Å². The number of hydrogen-bond donors (Lipinski definition) is 1. The van der Waals surface area contributed by atoms with Gasteiger partial charge in [0, 0.05) is 28.3 Å². The molecule has 1 aromatic heterocycles. The van der Waals surface area contributed by atoms with Crippen molar-refractivity contribution >= 4 is 34.1 Å². The Morgan fingerprint density at radius 2 is 1.48 bits per heavy atom. The summed E-state index contributed by atoms with van der Waals surface area (Å²) in [4.78, 5) is 31.9. The molecule has 0 saturated heterocycles. The largest absolute Gasteiger partial charge is 0.418 e. The lowest BCUT2D eigenvalue weighted by molar-refractivity contribution is -0.136. The molecule has 0 bridgehead atoms. The van der Waals surface area contributed by atoms with Crippen molar-refractivity contribution in [2.24, 2.45) is 5.73 Å². The van der Waals surface area contributed by atoms with E-state index in [9.17, 15) is 22.8 Å². The molecule has 5 aromatic rings. The maximum absolute atomic E-state index is 13.9. The van der Waals surface area contributed by atoms with Crippen molar-refractivity contribution < 1.29 is 22.8 Å². The van der Waals surface area contributed by atoms with E-state index in [4.69, 9.17) is 5.73 Å². The van der Waals surface area contributed by atoms with Gasteiger partial charge in [-0.25, -0.2) is 4.79 Å². The maximum Gasteiger partial charge on any atom is 0.418 e. The van der Waals surface area contributed by atoms with Gasteiger partial charge in [0.1, 0.15) is 0 Å². The second-order valence-electron chi connectivity index (χ2n) is 9.41. The molecule has 0 fully saturated rings. The van der Waals surface area contributed by atoms with Crippen LogP contribution in [0.5, 0.6) is 0 Å². The molecule has 0 atom stereocenters. The molecule has 40 heavy (non-hydrogen) atoms. The Morgan fingerprint density at radius 3 is 2.12 bits per heavy atom. The lowest BCUT2D eigenvalue weighted by Gasteiger charge is -2.25. The van der Waals surface area contributed by atoms with E-state index in [2.05, 4.69) is 4.98 Å². The third-order valence-corrected chi connectivity index (χ3v) is 6.76. The molecule has 2 amide bonds. The Balaban J connectivity index is 1.80. The third-order valence-electron chi connectivity index (χ3n) is 6.76. The lowest BCUT2D eigenvalue weighted by Crippen LogP contribution is -2.32.